The number of ether oxygens (including phenoxy) is 1. The lowest BCUT2D eigenvalue weighted by Gasteiger charge is -2.28. The Bertz CT molecular complexity index is 127. The molecule has 0 saturated carbocycles. The van der Waals surface area contributed by atoms with Crippen LogP contribution in [0.25, 0.3) is 0 Å². The van der Waals surface area contributed by atoms with E-state index in [1.807, 2.05) is 0 Å². The highest BCUT2D eigenvalue weighted by atomic mass is 16.5. The van der Waals surface area contributed by atoms with Gasteiger partial charge >= 0.3 is 0 Å². The first-order valence-electron chi connectivity index (χ1n) is 5.68. The Labute approximate surface area is 82.0 Å². The molecule has 0 amide bonds. The smallest absolute Gasteiger partial charge is 0.0561 e. The summed E-state index contributed by atoms with van der Waals surface area (Å²) in [5, 5.41) is 3.61. The fourth-order valence-electron chi connectivity index (χ4n) is 1.86. The van der Waals surface area contributed by atoms with Crippen molar-refractivity contribution in [3.8, 4) is 0 Å². The molecule has 1 saturated heterocycles. The quantitative estimate of drug-likeness (QED) is 0.664. The number of unbranched alkanes of at least 4 members (excludes halogenated alkanes) is 2. The van der Waals surface area contributed by atoms with E-state index < -0.39 is 0 Å². The molecule has 1 aliphatic heterocycles. The van der Waals surface area contributed by atoms with Crippen LogP contribution in [0.3, 0.4) is 0 Å². The van der Waals surface area contributed by atoms with Gasteiger partial charge in [0.2, 0.25) is 0 Å². The number of hydrogen-bond acceptors (Lipinski definition) is 2. The lowest BCUT2D eigenvalue weighted by Crippen LogP contribution is -2.38. The van der Waals surface area contributed by atoms with E-state index in [4.69, 9.17) is 4.74 Å². The minimum atomic E-state index is 0.456. The summed E-state index contributed by atoms with van der Waals surface area (Å²) in [6, 6.07) is 0.709. The third-order valence-corrected chi connectivity index (χ3v) is 2.70. The van der Waals surface area contributed by atoms with E-state index in [0.717, 1.165) is 6.61 Å². The van der Waals surface area contributed by atoms with Crippen LogP contribution in [-0.4, -0.2) is 25.3 Å². The van der Waals surface area contributed by atoms with Gasteiger partial charge in [-0.2, -0.15) is 0 Å². The van der Waals surface area contributed by atoms with Gasteiger partial charge in [0.15, 0.2) is 0 Å². The van der Waals surface area contributed by atoms with Crippen molar-refractivity contribution in [2.24, 2.45) is 0 Å². The molecule has 13 heavy (non-hydrogen) atoms. The highest BCUT2D eigenvalue weighted by Gasteiger charge is 2.17. The molecule has 78 valence electrons. The topological polar surface area (TPSA) is 21.3 Å². The van der Waals surface area contributed by atoms with Gasteiger partial charge < -0.3 is 10.1 Å². The van der Waals surface area contributed by atoms with E-state index in [-0.39, 0.29) is 0 Å². The van der Waals surface area contributed by atoms with Crippen LogP contribution in [0.2, 0.25) is 0 Å². The predicted molar refractivity (Wildman–Crippen MR) is 56.0 cm³/mol. The van der Waals surface area contributed by atoms with Crippen LogP contribution in [0, 0.1) is 0 Å². The molecule has 1 heterocycles. The Kier molecular flexibility index (Phi) is 5.40. The molecule has 0 aromatic heterocycles. The molecule has 0 spiro atoms. The van der Waals surface area contributed by atoms with E-state index in [9.17, 15) is 0 Å². The van der Waals surface area contributed by atoms with Crippen LogP contribution >= 0.6 is 0 Å². The standard InChI is InChI=1S/C11H23NO/c1-3-4-5-7-12-11-6-8-13-10(2)9-11/h10-12H,3-9H2,1-2H3. The average molecular weight is 185 g/mol. The summed E-state index contributed by atoms with van der Waals surface area (Å²) in [6.45, 7) is 6.54. The summed E-state index contributed by atoms with van der Waals surface area (Å²) in [7, 11) is 0. The first-order chi connectivity index (χ1) is 6.33. The monoisotopic (exact) mass is 185 g/mol. The van der Waals surface area contributed by atoms with Crippen molar-refractivity contribution < 1.29 is 4.74 Å². The molecule has 1 fully saturated rings. The minimum absolute atomic E-state index is 0.456. The molecule has 2 atom stereocenters. The van der Waals surface area contributed by atoms with E-state index in [2.05, 4.69) is 19.2 Å². The normalized spacial score (nSPS) is 29.1. The summed E-state index contributed by atoms with van der Waals surface area (Å²) < 4.78 is 5.50. The van der Waals surface area contributed by atoms with Crippen LogP contribution in [0.4, 0.5) is 0 Å². The highest BCUT2D eigenvalue weighted by molar-refractivity contribution is 4.74. The van der Waals surface area contributed by atoms with Crippen molar-refractivity contribution in [2.75, 3.05) is 13.2 Å². The molecular formula is C11H23NO. The Morgan fingerprint density at radius 1 is 1.38 bits per heavy atom. The molecule has 2 heteroatoms. The van der Waals surface area contributed by atoms with E-state index in [1.54, 1.807) is 0 Å². The van der Waals surface area contributed by atoms with Gasteiger partial charge in [-0.3, -0.25) is 0 Å². The summed E-state index contributed by atoms with van der Waals surface area (Å²) in [5.41, 5.74) is 0. The third kappa shape index (κ3) is 4.63. The second-order valence-electron chi connectivity index (χ2n) is 4.06. The van der Waals surface area contributed by atoms with E-state index >= 15 is 0 Å². The number of rotatable bonds is 5. The van der Waals surface area contributed by atoms with Crippen molar-refractivity contribution in [1.29, 1.82) is 0 Å². The van der Waals surface area contributed by atoms with Gasteiger partial charge in [0.05, 0.1) is 6.10 Å². The average Bonchev–Trinajstić information content (AvgIpc) is 2.13. The minimum Gasteiger partial charge on any atom is -0.378 e. The zero-order chi connectivity index (χ0) is 9.52. The molecule has 0 aliphatic carbocycles. The lowest BCUT2D eigenvalue weighted by atomic mass is 10.0. The molecule has 2 unspecified atom stereocenters. The predicted octanol–water partition coefficient (Wildman–Crippen LogP) is 2.33. The Morgan fingerprint density at radius 2 is 2.23 bits per heavy atom. The Morgan fingerprint density at radius 3 is 2.92 bits per heavy atom. The van der Waals surface area contributed by atoms with Crippen molar-refractivity contribution >= 4 is 0 Å². The van der Waals surface area contributed by atoms with E-state index in [1.165, 1.54) is 38.6 Å². The van der Waals surface area contributed by atoms with Crippen molar-refractivity contribution in [3.63, 3.8) is 0 Å². The maximum atomic E-state index is 5.50. The fraction of sp³-hybridized carbons (Fsp3) is 1.00. The maximum Gasteiger partial charge on any atom is 0.0561 e. The van der Waals surface area contributed by atoms with Crippen molar-refractivity contribution in [3.05, 3.63) is 0 Å². The van der Waals surface area contributed by atoms with E-state index in [0.29, 0.717) is 12.1 Å². The Balaban J connectivity index is 2.00. The molecule has 0 bridgehead atoms. The van der Waals surface area contributed by atoms with Crippen molar-refractivity contribution in [2.45, 2.75) is 58.1 Å². The lowest BCUT2D eigenvalue weighted by molar-refractivity contribution is 0.0134. The summed E-state index contributed by atoms with van der Waals surface area (Å²) in [4.78, 5) is 0. The third-order valence-electron chi connectivity index (χ3n) is 2.70. The van der Waals surface area contributed by atoms with Gasteiger partial charge in [-0.15, -0.1) is 0 Å². The zero-order valence-corrected chi connectivity index (χ0v) is 9.01. The number of nitrogens with one attached hydrogen (secondary N) is 1. The summed E-state index contributed by atoms with van der Waals surface area (Å²) >= 11 is 0. The number of hydrogen-bond donors (Lipinski definition) is 1. The molecule has 0 radical (unpaired) electrons. The second kappa shape index (κ2) is 6.39. The molecule has 1 N–H and O–H groups in total. The van der Waals surface area contributed by atoms with Crippen molar-refractivity contribution in [1.82, 2.24) is 5.32 Å². The van der Waals surface area contributed by atoms with Crippen LogP contribution < -0.4 is 5.32 Å². The molecule has 2 nitrogen and oxygen atoms in total. The molecule has 0 aromatic rings. The summed E-state index contributed by atoms with van der Waals surface area (Å²) in [6.07, 6.45) is 6.82. The first-order valence-corrected chi connectivity index (χ1v) is 5.68. The van der Waals surface area contributed by atoms with Gasteiger partial charge in [-0.1, -0.05) is 19.8 Å². The SMILES string of the molecule is CCCCCNC1CCOC(C)C1. The fourth-order valence-corrected chi connectivity index (χ4v) is 1.86. The van der Waals surface area contributed by atoms with Crippen LogP contribution in [0.15, 0.2) is 0 Å². The van der Waals surface area contributed by atoms with Crippen LogP contribution in [0.5, 0.6) is 0 Å². The molecule has 1 aliphatic rings. The molecular weight excluding hydrogens is 162 g/mol. The first kappa shape index (κ1) is 11.0. The van der Waals surface area contributed by atoms with Gasteiger partial charge in [-0.05, 0) is 32.7 Å². The largest absolute Gasteiger partial charge is 0.378 e. The van der Waals surface area contributed by atoms with Crippen LogP contribution in [-0.2, 0) is 4.74 Å². The highest BCUT2D eigenvalue weighted by Crippen LogP contribution is 2.12. The molecule has 0 aromatic carbocycles. The van der Waals surface area contributed by atoms with Gasteiger partial charge in [-0.25, -0.2) is 0 Å². The molecule has 1 rings (SSSR count). The summed E-state index contributed by atoms with van der Waals surface area (Å²) in [5.74, 6) is 0. The van der Waals surface area contributed by atoms with Gasteiger partial charge in [0, 0.05) is 12.6 Å². The van der Waals surface area contributed by atoms with Gasteiger partial charge in [0.25, 0.3) is 0 Å². The zero-order valence-electron chi connectivity index (χ0n) is 9.01. The maximum absolute atomic E-state index is 5.50. The van der Waals surface area contributed by atoms with Gasteiger partial charge in [0.1, 0.15) is 0 Å². The van der Waals surface area contributed by atoms with Crippen LogP contribution in [0.1, 0.15) is 46.0 Å². The second-order valence-corrected chi connectivity index (χ2v) is 4.06. The Hall–Kier alpha value is -0.0800.